The normalized spacial score (nSPS) is 24.4. The number of furan rings is 1. The highest BCUT2D eigenvalue weighted by Gasteiger charge is 2.33. The lowest BCUT2D eigenvalue weighted by molar-refractivity contribution is 0.0101. The van der Waals surface area contributed by atoms with Crippen LogP contribution in [-0.2, 0) is 21.3 Å². The zero-order valence-electron chi connectivity index (χ0n) is 11.8. The van der Waals surface area contributed by atoms with Crippen LogP contribution in [0.3, 0.4) is 0 Å². The van der Waals surface area contributed by atoms with Gasteiger partial charge in [0.15, 0.2) is 4.67 Å². The summed E-state index contributed by atoms with van der Waals surface area (Å²) in [6, 6.07) is 2.16. The second-order valence-corrected chi connectivity index (χ2v) is 8.18. The first-order valence-corrected chi connectivity index (χ1v) is 9.33. The number of halogens is 1. The van der Waals surface area contributed by atoms with Crippen LogP contribution in [0.25, 0.3) is 0 Å². The molecule has 1 aromatic heterocycles. The molecule has 1 saturated carbocycles. The zero-order valence-corrected chi connectivity index (χ0v) is 14.2. The molecule has 0 amide bonds. The fraction of sp³-hybridized carbons (Fsp3) is 0.692. The standard InChI is InChI=1S/C13H19BrN2O4S/c1-9-8-16(4-5-19-9)21(17,18)12-6-11(20-13(12)14)7-15-10-2-3-10/h6,9-10,15H,2-5,7-8H2,1H3. The molecule has 3 rings (SSSR count). The Morgan fingerprint density at radius 2 is 2.24 bits per heavy atom. The summed E-state index contributed by atoms with van der Waals surface area (Å²) in [5.74, 6) is 0.633. The van der Waals surface area contributed by atoms with Crippen molar-refractivity contribution in [3.63, 3.8) is 0 Å². The van der Waals surface area contributed by atoms with E-state index in [9.17, 15) is 8.42 Å². The van der Waals surface area contributed by atoms with Crippen LogP contribution in [0, 0.1) is 0 Å². The highest BCUT2D eigenvalue weighted by atomic mass is 79.9. The number of hydrogen-bond donors (Lipinski definition) is 1. The summed E-state index contributed by atoms with van der Waals surface area (Å²) in [5.41, 5.74) is 0. The second kappa shape index (κ2) is 6.00. The van der Waals surface area contributed by atoms with Gasteiger partial charge in [-0.15, -0.1) is 0 Å². The summed E-state index contributed by atoms with van der Waals surface area (Å²) < 4.78 is 38.0. The average molecular weight is 379 g/mol. The summed E-state index contributed by atoms with van der Waals surface area (Å²) >= 11 is 3.23. The second-order valence-electron chi connectivity index (χ2n) is 5.55. The molecule has 1 aliphatic heterocycles. The van der Waals surface area contributed by atoms with Crippen molar-refractivity contribution in [1.82, 2.24) is 9.62 Å². The minimum absolute atomic E-state index is 0.0878. The van der Waals surface area contributed by atoms with Gasteiger partial charge in [-0.2, -0.15) is 4.31 Å². The van der Waals surface area contributed by atoms with Gasteiger partial charge >= 0.3 is 0 Å². The lowest BCUT2D eigenvalue weighted by Gasteiger charge is -2.29. The molecule has 0 aromatic carbocycles. The molecule has 0 radical (unpaired) electrons. The van der Waals surface area contributed by atoms with Crippen molar-refractivity contribution in [2.24, 2.45) is 0 Å². The first kappa shape index (κ1) is 15.5. The van der Waals surface area contributed by atoms with Gasteiger partial charge in [0.05, 0.1) is 19.3 Å². The molecule has 8 heteroatoms. The molecule has 0 bridgehead atoms. The molecule has 2 fully saturated rings. The van der Waals surface area contributed by atoms with Crippen molar-refractivity contribution in [2.45, 2.75) is 43.4 Å². The molecule has 1 saturated heterocycles. The molecule has 1 unspecified atom stereocenters. The summed E-state index contributed by atoms with van der Waals surface area (Å²) in [6.45, 7) is 3.59. The highest BCUT2D eigenvalue weighted by Crippen LogP contribution is 2.30. The summed E-state index contributed by atoms with van der Waals surface area (Å²) in [5, 5.41) is 3.31. The van der Waals surface area contributed by atoms with Crippen LogP contribution in [0.4, 0.5) is 0 Å². The van der Waals surface area contributed by atoms with Gasteiger partial charge in [-0.1, -0.05) is 0 Å². The molecule has 21 heavy (non-hydrogen) atoms. The van der Waals surface area contributed by atoms with Crippen LogP contribution in [0.5, 0.6) is 0 Å². The number of nitrogens with one attached hydrogen (secondary N) is 1. The molecular formula is C13H19BrN2O4S. The monoisotopic (exact) mass is 378 g/mol. The number of morpholine rings is 1. The molecule has 2 aliphatic rings. The number of hydrogen-bond acceptors (Lipinski definition) is 5. The largest absolute Gasteiger partial charge is 0.452 e. The molecule has 0 spiro atoms. The molecular weight excluding hydrogens is 360 g/mol. The third-order valence-corrected chi connectivity index (χ3v) is 6.39. The fourth-order valence-corrected chi connectivity index (χ4v) is 4.80. The van der Waals surface area contributed by atoms with Crippen LogP contribution >= 0.6 is 15.9 Å². The lowest BCUT2D eigenvalue weighted by Crippen LogP contribution is -2.44. The van der Waals surface area contributed by atoms with Crippen molar-refractivity contribution in [2.75, 3.05) is 19.7 Å². The topological polar surface area (TPSA) is 71.8 Å². The lowest BCUT2D eigenvalue weighted by atomic mass is 10.3. The summed E-state index contributed by atoms with van der Waals surface area (Å²) in [4.78, 5) is 0.198. The molecule has 1 N–H and O–H groups in total. The van der Waals surface area contributed by atoms with E-state index < -0.39 is 10.0 Å². The molecule has 1 aliphatic carbocycles. The van der Waals surface area contributed by atoms with Crippen molar-refractivity contribution in [3.8, 4) is 0 Å². The number of rotatable bonds is 5. The Bertz CT molecular complexity index is 612. The Labute approximate surface area is 133 Å². The molecule has 2 heterocycles. The van der Waals surface area contributed by atoms with Gasteiger partial charge in [0.25, 0.3) is 0 Å². The van der Waals surface area contributed by atoms with E-state index in [1.54, 1.807) is 6.07 Å². The maximum absolute atomic E-state index is 12.7. The number of sulfonamides is 1. The van der Waals surface area contributed by atoms with Gasteiger partial charge in [-0.05, 0) is 35.7 Å². The number of ether oxygens (including phenoxy) is 1. The van der Waals surface area contributed by atoms with Crippen molar-refractivity contribution < 1.29 is 17.6 Å². The smallest absolute Gasteiger partial charge is 0.247 e. The number of nitrogens with zero attached hydrogens (tertiary/aromatic N) is 1. The maximum atomic E-state index is 12.7. The molecule has 1 aromatic rings. The van der Waals surface area contributed by atoms with Crippen LogP contribution in [0.15, 0.2) is 20.0 Å². The van der Waals surface area contributed by atoms with Crippen molar-refractivity contribution in [1.29, 1.82) is 0 Å². The predicted molar refractivity (Wildman–Crippen MR) is 80.4 cm³/mol. The molecule has 1 atom stereocenters. The van der Waals surface area contributed by atoms with Crippen LogP contribution in [0.2, 0.25) is 0 Å². The van der Waals surface area contributed by atoms with E-state index in [1.165, 1.54) is 17.1 Å². The Balaban J connectivity index is 1.77. The maximum Gasteiger partial charge on any atom is 0.247 e. The van der Waals surface area contributed by atoms with Gasteiger partial charge in [-0.25, -0.2) is 8.42 Å². The fourth-order valence-electron chi connectivity index (χ4n) is 2.34. The van der Waals surface area contributed by atoms with Gasteiger partial charge in [-0.3, -0.25) is 0 Å². The van der Waals surface area contributed by atoms with Crippen LogP contribution in [0.1, 0.15) is 25.5 Å². The van der Waals surface area contributed by atoms with Gasteiger partial charge in [0.2, 0.25) is 10.0 Å². The van der Waals surface area contributed by atoms with Gasteiger partial charge in [0.1, 0.15) is 10.7 Å². The van der Waals surface area contributed by atoms with E-state index in [-0.39, 0.29) is 15.7 Å². The van der Waals surface area contributed by atoms with E-state index in [1.807, 2.05) is 6.92 Å². The van der Waals surface area contributed by atoms with E-state index in [2.05, 4.69) is 21.2 Å². The minimum Gasteiger partial charge on any atom is -0.452 e. The predicted octanol–water partition coefficient (Wildman–Crippen LogP) is 1.70. The first-order valence-electron chi connectivity index (χ1n) is 7.10. The quantitative estimate of drug-likeness (QED) is 0.843. The minimum atomic E-state index is -3.54. The zero-order chi connectivity index (χ0) is 15.0. The first-order chi connectivity index (χ1) is 9.96. The van der Waals surface area contributed by atoms with Gasteiger partial charge in [0, 0.05) is 25.2 Å². The Hall–Kier alpha value is -0.410. The van der Waals surface area contributed by atoms with Crippen LogP contribution in [-0.4, -0.2) is 44.6 Å². The van der Waals surface area contributed by atoms with Crippen molar-refractivity contribution in [3.05, 3.63) is 16.5 Å². The van der Waals surface area contributed by atoms with E-state index >= 15 is 0 Å². The van der Waals surface area contributed by atoms with E-state index in [0.717, 1.165) is 0 Å². The summed E-state index contributed by atoms with van der Waals surface area (Å²) in [7, 11) is -3.54. The highest BCUT2D eigenvalue weighted by molar-refractivity contribution is 9.10. The Kier molecular flexibility index (Phi) is 4.42. The Morgan fingerprint density at radius 3 is 2.90 bits per heavy atom. The molecule has 118 valence electrons. The Morgan fingerprint density at radius 1 is 1.48 bits per heavy atom. The van der Waals surface area contributed by atoms with E-state index in [4.69, 9.17) is 9.15 Å². The average Bonchev–Trinajstić information content (AvgIpc) is 3.19. The molecule has 6 nitrogen and oxygen atoms in total. The van der Waals surface area contributed by atoms with Crippen molar-refractivity contribution >= 4 is 26.0 Å². The third-order valence-electron chi connectivity index (χ3n) is 3.67. The van der Waals surface area contributed by atoms with Gasteiger partial charge < -0.3 is 14.5 Å². The van der Waals surface area contributed by atoms with E-state index in [0.29, 0.717) is 38.0 Å². The summed E-state index contributed by atoms with van der Waals surface area (Å²) in [6.07, 6.45) is 2.27. The third kappa shape index (κ3) is 3.50. The van der Waals surface area contributed by atoms with Crippen LogP contribution < -0.4 is 5.32 Å². The SMILES string of the molecule is CC1CN(S(=O)(=O)c2cc(CNC3CC3)oc2Br)CCO1.